The summed E-state index contributed by atoms with van der Waals surface area (Å²) >= 11 is 0. The zero-order valence-electron chi connectivity index (χ0n) is 6.31. The lowest BCUT2D eigenvalue weighted by Gasteiger charge is -2.02. The molecule has 52 valence electrons. The molecule has 0 spiro atoms. The summed E-state index contributed by atoms with van der Waals surface area (Å²) in [5.74, 6) is 0.583. The highest BCUT2D eigenvalue weighted by Crippen LogP contribution is 2.05. The highest BCUT2D eigenvalue weighted by atomic mass is 15.3. The number of hydrazone groups is 1. The van der Waals surface area contributed by atoms with E-state index in [0.29, 0.717) is 5.92 Å². The molecule has 0 aliphatic heterocycles. The second-order valence-electron chi connectivity index (χ2n) is 2.33. The third-order valence-electron chi connectivity index (χ3n) is 1.29. The average molecular weight is 126 g/mol. The molecule has 0 heterocycles. The predicted octanol–water partition coefficient (Wildman–Crippen LogP) is 1.75. The second-order valence-corrected chi connectivity index (χ2v) is 2.33. The van der Waals surface area contributed by atoms with Crippen molar-refractivity contribution in [2.45, 2.75) is 20.8 Å². The van der Waals surface area contributed by atoms with Crippen LogP contribution in [0.15, 0.2) is 16.9 Å². The molecule has 9 heavy (non-hydrogen) atoms. The van der Waals surface area contributed by atoms with Crippen LogP contribution in [0.3, 0.4) is 0 Å². The molecule has 0 aliphatic carbocycles. The lowest BCUT2D eigenvalue weighted by molar-refractivity contribution is 0.752. The number of hydrogen-bond donors (Lipinski definition) is 1. The molecule has 0 aliphatic rings. The van der Waals surface area contributed by atoms with Gasteiger partial charge in [0.05, 0.1) is 0 Å². The van der Waals surface area contributed by atoms with Crippen molar-refractivity contribution in [3.63, 3.8) is 0 Å². The van der Waals surface area contributed by atoms with Crippen molar-refractivity contribution in [1.82, 2.24) is 5.43 Å². The summed E-state index contributed by atoms with van der Waals surface area (Å²) in [7, 11) is 0. The first-order chi connectivity index (χ1) is 4.18. The van der Waals surface area contributed by atoms with E-state index in [2.05, 4.69) is 38.0 Å². The van der Waals surface area contributed by atoms with Crippen LogP contribution in [0.25, 0.3) is 0 Å². The van der Waals surface area contributed by atoms with E-state index in [1.165, 1.54) is 5.57 Å². The van der Waals surface area contributed by atoms with Crippen LogP contribution in [0, 0.1) is 5.92 Å². The minimum atomic E-state index is 0.583. The zero-order valence-corrected chi connectivity index (χ0v) is 6.31. The normalized spacial score (nSPS) is 11.8. The summed E-state index contributed by atoms with van der Waals surface area (Å²) in [5, 5.41) is 3.48. The summed E-state index contributed by atoms with van der Waals surface area (Å²) in [6, 6.07) is 0. The minimum Gasteiger partial charge on any atom is -0.286 e. The van der Waals surface area contributed by atoms with E-state index in [0.717, 1.165) is 0 Å². The molecule has 0 aromatic carbocycles. The Bertz CT molecular complexity index is 114. The smallest absolute Gasteiger partial charge is 0.0191 e. The lowest BCUT2D eigenvalue weighted by atomic mass is 10.1. The van der Waals surface area contributed by atoms with Crippen LogP contribution in [0.2, 0.25) is 0 Å². The predicted molar refractivity (Wildman–Crippen MR) is 41.3 cm³/mol. The van der Waals surface area contributed by atoms with Crippen molar-refractivity contribution in [2.75, 3.05) is 0 Å². The van der Waals surface area contributed by atoms with Crippen molar-refractivity contribution in [3.05, 3.63) is 11.8 Å². The van der Waals surface area contributed by atoms with Gasteiger partial charge in [0, 0.05) is 12.9 Å². The van der Waals surface area contributed by atoms with Crippen LogP contribution in [0.1, 0.15) is 20.8 Å². The Morgan fingerprint density at radius 3 is 2.56 bits per heavy atom. The Morgan fingerprint density at radius 2 is 2.22 bits per heavy atom. The maximum Gasteiger partial charge on any atom is 0.0191 e. The van der Waals surface area contributed by atoms with Gasteiger partial charge in [0.25, 0.3) is 0 Å². The first-order valence-corrected chi connectivity index (χ1v) is 3.06. The summed E-state index contributed by atoms with van der Waals surface area (Å²) in [6.45, 7) is 9.62. The van der Waals surface area contributed by atoms with Gasteiger partial charge in [-0.2, -0.15) is 5.10 Å². The third kappa shape index (κ3) is 3.76. The molecule has 0 unspecified atom stereocenters. The first-order valence-electron chi connectivity index (χ1n) is 3.06. The Balaban J connectivity index is 3.68. The lowest BCUT2D eigenvalue weighted by Crippen LogP contribution is -1.97. The molecule has 2 nitrogen and oxygen atoms in total. The maximum atomic E-state index is 3.48. The van der Waals surface area contributed by atoms with Crippen LogP contribution in [0.5, 0.6) is 0 Å². The Kier molecular flexibility index (Phi) is 3.76. The summed E-state index contributed by atoms with van der Waals surface area (Å²) in [5.41, 5.74) is 3.96. The van der Waals surface area contributed by atoms with E-state index in [4.69, 9.17) is 0 Å². The Morgan fingerprint density at radius 1 is 1.67 bits per heavy atom. The van der Waals surface area contributed by atoms with Crippen molar-refractivity contribution >= 4 is 6.72 Å². The highest BCUT2D eigenvalue weighted by Gasteiger charge is 1.92. The van der Waals surface area contributed by atoms with Gasteiger partial charge in [-0.05, 0) is 12.8 Å². The molecule has 0 fully saturated rings. The fourth-order valence-corrected chi connectivity index (χ4v) is 0.314. The maximum absolute atomic E-state index is 3.48. The molecule has 2 heteroatoms. The number of nitrogens with one attached hydrogen (secondary N) is 1. The topological polar surface area (TPSA) is 24.4 Å². The van der Waals surface area contributed by atoms with Crippen molar-refractivity contribution in [3.8, 4) is 0 Å². The van der Waals surface area contributed by atoms with E-state index in [1.807, 2.05) is 6.20 Å². The van der Waals surface area contributed by atoms with Crippen molar-refractivity contribution in [1.29, 1.82) is 0 Å². The van der Waals surface area contributed by atoms with E-state index in [-0.39, 0.29) is 0 Å². The van der Waals surface area contributed by atoms with Gasteiger partial charge in [-0.25, -0.2) is 0 Å². The Labute approximate surface area is 56.7 Å². The molecule has 0 rings (SSSR count). The zero-order chi connectivity index (χ0) is 7.28. The number of rotatable bonds is 3. The third-order valence-corrected chi connectivity index (χ3v) is 1.29. The van der Waals surface area contributed by atoms with Gasteiger partial charge in [-0.3, -0.25) is 5.43 Å². The van der Waals surface area contributed by atoms with Crippen molar-refractivity contribution in [2.24, 2.45) is 11.0 Å². The van der Waals surface area contributed by atoms with Crippen LogP contribution in [0.4, 0.5) is 0 Å². The molecule has 0 saturated carbocycles. The van der Waals surface area contributed by atoms with Gasteiger partial charge in [0.15, 0.2) is 0 Å². The highest BCUT2D eigenvalue weighted by molar-refractivity contribution is 5.22. The summed E-state index contributed by atoms with van der Waals surface area (Å²) in [4.78, 5) is 0. The SMILES string of the molecule is C=NN/C=C(\C)C(C)C. The molecule has 0 radical (unpaired) electrons. The largest absolute Gasteiger partial charge is 0.286 e. The van der Waals surface area contributed by atoms with Crippen molar-refractivity contribution < 1.29 is 0 Å². The van der Waals surface area contributed by atoms with Crippen LogP contribution >= 0.6 is 0 Å². The Hall–Kier alpha value is -0.790. The first kappa shape index (κ1) is 8.21. The van der Waals surface area contributed by atoms with Gasteiger partial charge in [-0.15, -0.1) is 0 Å². The van der Waals surface area contributed by atoms with Gasteiger partial charge < -0.3 is 0 Å². The van der Waals surface area contributed by atoms with E-state index < -0.39 is 0 Å². The molecule has 1 N–H and O–H groups in total. The summed E-state index contributed by atoms with van der Waals surface area (Å²) in [6.07, 6.45) is 1.86. The molecule has 0 aromatic heterocycles. The molecular weight excluding hydrogens is 112 g/mol. The van der Waals surface area contributed by atoms with Crippen LogP contribution in [-0.2, 0) is 0 Å². The van der Waals surface area contributed by atoms with Crippen LogP contribution < -0.4 is 5.43 Å². The molecule has 0 aromatic rings. The number of hydrogen-bond acceptors (Lipinski definition) is 2. The van der Waals surface area contributed by atoms with E-state index in [9.17, 15) is 0 Å². The van der Waals surface area contributed by atoms with E-state index >= 15 is 0 Å². The monoisotopic (exact) mass is 126 g/mol. The fraction of sp³-hybridized carbons (Fsp3) is 0.571. The van der Waals surface area contributed by atoms with E-state index in [1.54, 1.807) is 0 Å². The molecule has 0 saturated heterocycles. The summed E-state index contributed by atoms with van der Waals surface area (Å²) < 4.78 is 0. The molecule has 0 atom stereocenters. The molecular formula is C7H14N2. The van der Waals surface area contributed by atoms with Gasteiger partial charge in [0.1, 0.15) is 0 Å². The minimum absolute atomic E-state index is 0.583. The van der Waals surface area contributed by atoms with Gasteiger partial charge in [0.2, 0.25) is 0 Å². The number of nitrogens with zero attached hydrogens (tertiary/aromatic N) is 1. The van der Waals surface area contributed by atoms with Gasteiger partial charge in [-0.1, -0.05) is 19.4 Å². The fourth-order valence-electron chi connectivity index (χ4n) is 0.314. The second kappa shape index (κ2) is 4.13. The quantitative estimate of drug-likeness (QED) is 0.452. The number of allylic oxidation sites excluding steroid dienone is 1. The van der Waals surface area contributed by atoms with Gasteiger partial charge >= 0.3 is 0 Å². The molecule has 0 bridgehead atoms. The standard InChI is InChI=1S/C7H14N2/c1-6(2)7(3)5-9-8-4/h5-6,9H,4H2,1-3H3/b7-5+. The van der Waals surface area contributed by atoms with Crippen LogP contribution in [-0.4, -0.2) is 6.72 Å². The molecule has 0 amide bonds. The average Bonchev–Trinajstić information content (AvgIpc) is 1.82.